The summed E-state index contributed by atoms with van der Waals surface area (Å²) in [6.45, 7) is 9.22. The first-order valence-corrected chi connectivity index (χ1v) is 13.3. The number of benzene rings is 2. The predicted molar refractivity (Wildman–Crippen MR) is 138 cm³/mol. The number of hydrogen-bond donors (Lipinski definition) is 0. The minimum absolute atomic E-state index is 0.235. The van der Waals surface area contributed by atoms with Crippen LogP contribution in [-0.4, -0.2) is 19.8 Å². The average molecular weight is 453 g/mol. The zero-order valence-corrected chi connectivity index (χ0v) is 21.1. The van der Waals surface area contributed by atoms with Gasteiger partial charge in [-0.25, -0.2) is 0 Å². The van der Waals surface area contributed by atoms with E-state index in [2.05, 4.69) is 69.3 Å². The summed E-state index contributed by atoms with van der Waals surface area (Å²) in [7, 11) is 0. The second-order valence-electron chi connectivity index (χ2n) is 9.72. The normalized spacial score (nSPS) is 19.4. The third-order valence-electron chi connectivity index (χ3n) is 6.86. The summed E-state index contributed by atoms with van der Waals surface area (Å²) in [5.41, 5.74) is 3.49. The van der Waals surface area contributed by atoms with Crippen LogP contribution >= 0.6 is 0 Å². The Morgan fingerprint density at radius 3 is 2.09 bits per heavy atom. The predicted octanol–water partition coefficient (Wildman–Crippen LogP) is 8.58. The van der Waals surface area contributed by atoms with Gasteiger partial charge in [-0.05, 0) is 48.4 Å². The van der Waals surface area contributed by atoms with Crippen LogP contribution in [0.15, 0.2) is 48.5 Å². The van der Waals surface area contributed by atoms with Crippen LogP contribution < -0.4 is 4.74 Å². The summed E-state index contributed by atoms with van der Waals surface area (Å²) in [4.78, 5) is 0. The Balaban J connectivity index is 1.41. The maximum absolute atomic E-state index is 6.05. The first-order valence-electron chi connectivity index (χ1n) is 13.3. The van der Waals surface area contributed by atoms with Crippen LogP contribution in [0.4, 0.5) is 0 Å². The van der Waals surface area contributed by atoms with Gasteiger partial charge in [-0.1, -0.05) is 95.7 Å². The summed E-state index contributed by atoms with van der Waals surface area (Å²) in [6.07, 6.45) is 11.2. The molecule has 1 heterocycles. The zero-order valence-electron chi connectivity index (χ0n) is 21.1. The molecule has 3 rings (SSSR count). The van der Waals surface area contributed by atoms with Crippen molar-refractivity contribution in [2.75, 3.05) is 19.8 Å². The standard InChI is InChI=1S/C30H44O3/c1-4-6-7-8-9-12-25-22-32-30(33-23-25)28-15-13-26(14-16-28)27-17-19-29(20-18-27)31-21-10-11-24(3)5-2/h13-20,24-25,30H,4-12,21-23H2,1-3H3/t24-,25-,30-/m0/s1. The van der Waals surface area contributed by atoms with Gasteiger partial charge in [0.25, 0.3) is 0 Å². The molecule has 0 unspecified atom stereocenters. The van der Waals surface area contributed by atoms with E-state index >= 15 is 0 Å². The van der Waals surface area contributed by atoms with Gasteiger partial charge in [0, 0.05) is 11.5 Å². The number of hydrogen-bond acceptors (Lipinski definition) is 3. The number of ether oxygens (including phenoxy) is 3. The fourth-order valence-electron chi connectivity index (χ4n) is 4.34. The third-order valence-corrected chi connectivity index (χ3v) is 6.86. The average Bonchev–Trinajstić information content (AvgIpc) is 2.87. The van der Waals surface area contributed by atoms with Crippen molar-refractivity contribution in [3.8, 4) is 16.9 Å². The first kappa shape index (κ1) is 25.8. The SMILES string of the molecule is CCCCCCC[C@H]1CO[C@H](c2ccc(-c3ccc(OCCC[C@@H](C)CC)cc3)cc2)OC1. The molecule has 0 radical (unpaired) electrons. The zero-order chi connectivity index (χ0) is 23.3. The van der Waals surface area contributed by atoms with E-state index in [-0.39, 0.29) is 6.29 Å². The van der Waals surface area contributed by atoms with E-state index in [0.29, 0.717) is 5.92 Å². The van der Waals surface area contributed by atoms with Crippen molar-refractivity contribution >= 4 is 0 Å². The van der Waals surface area contributed by atoms with Crippen molar-refractivity contribution in [3.63, 3.8) is 0 Å². The quantitative estimate of drug-likeness (QED) is 0.269. The highest BCUT2D eigenvalue weighted by atomic mass is 16.7. The summed E-state index contributed by atoms with van der Waals surface area (Å²) < 4.78 is 18.0. The monoisotopic (exact) mass is 452 g/mol. The Bertz CT molecular complexity index is 760. The number of rotatable bonds is 14. The third kappa shape index (κ3) is 8.79. The molecule has 0 bridgehead atoms. The Hall–Kier alpha value is -1.84. The highest BCUT2D eigenvalue weighted by Crippen LogP contribution is 2.30. The Morgan fingerprint density at radius 1 is 0.818 bits per heavy atom. The Labute approximate surface area is 201 Å². The van der Waals surface area contributed by atoms with E-state index < -0.39 is 0 Å². The minimum Gasteiger partial charge on any atom is -0.494 e. The van der Waals surface area contributed by atoms with Crippen molar-refractivity contribution in [2.45, 2.75) is 84.8 Å². The molecule has 1 saturated heterocycles. The molecule has 0 N–H and O–H groups in total. The molecule has 1 atom stereocenters. The van der Waals surface area contributed by atoms with Gasteiger partial charge in [0.2, 0.25) is 0 Å². The van der Waals surface area contributed by atoms with E-state index in [0.717, 1.165) is 43.5 Å². The van der Waals surface area contributed by atoms with Crippen LogP contribution in [0, 0.1) is 11.8 Å². The van der Waals surface area contributed by atoms with Crippen LogP contribution in [0.5, 0.6) is 5.75 Å². The van der Waals surface area contributed by atoms with E-state index in [9.17, 15) is 0 Å². The molecule has 0 saturated carbocycles. The second-order valence-corrected chi connectivity index (χ2v) is 9.72. The molecule has 2 aromatic carbocycles. The summed E-state index contributed by atoms with van der Waals surface area (Å²) in [5.74, 6) is 2.27. The molecule has 1 aliphatic rings. The van der Waals surface area contributed by atoms with Crippen molar-refractivity contribution in [2.24, 2.45) is 11.8 Å². The van der Waals surface area contributed by atoms with Gasteiger partial charge >= 0.3 is 0 Å². The van der Waals surface area contributed by atoms with Gasteiger partial charge < -0.3 is 14.2 Å². The van der Waals surface area contributed by atoms with Crippen molar-refractivity contribution in [1.29, 1.82) is 0 Å². The molecule has 3 heteroatoms. The summed E-state index contributed by atoms with van der Waals surface area (Å²) in [5, 5.41) is 0. The van der Waals surface area contributed by atoms with Gasteiger partial charge in [0.1, 0.15) is 5.75 Å². The van der Waals surface area contributed by atoms with Gasteiger partial charge in [-0.3, -0.25) is 0 Å². The van der Waals surface area contributed by atoms with Crippen LogP contribution in [0.3, 0.4) is 0 Å². The lowest BCUT2D eigenvalue weighted by Crippen LogP contribution is -2.27. The van der Waals surface area contributed by atoms with Crippen molar-refractivity contribution in [1.82, 2.24) is 0 Å². The van der Waals surface area contributed by atoms with Gasteiger partial charge in [-0.15, -0.1) is 0 Å². The largest absolute Gasteiger partial charge is 0.494 e. The van der Waals surface area contributed by atoms with Gasteiger partial charge in [-0.2, -0.15) is 0 Å². The lowest BCUT2D eigenvalue weighted by Gasteiger charge is -2.29. The van der Waals surface area contributed by atoms with Crippen LogP contribution in [0.1, 0.15) is 90.4 Å². The molecule has 182 valence electrons. The molecule has 0 spiro atoms. The molecule has 0 aliphatic carbocycles. The van der Waals surface area contributed by atoms with Crippen molar-refractivity contribution < 1.29 is 14.2 Å². The molecule has 0 amide bonds. The molecule has 1 aliphatic heterocycles. The smallest absolute Gasteiger partial charge is 0.183 e. The van der Waals surface area contributed by atoms with Crippen LogP contribution in [0.2, 0.25) is 0 Å². The Kier molecular flexibility index (Phi) is 11.3. The topological polar surface area (TPSA) is 27.7 Å². The summed E-state index contributed by atoms with van der Waals surface area (Å²) in [6, 6.07) is 17.0. The molecular weight excluding hydrogens is 408 g/mol. The molecule has 0 aromatic heterocycles. The maximum atomic E-state index is 6.05. The minimum atomic E-state index is -0.235. The van der Waals surface area contributed by atoms with Crippen molar-refractivity contribution in [3.05, 3.63) is 54.1 Å². The molecular formula is C30H44O3. The van der Waals surface area contributed by atoms with E-state index in [1.54, 1.807) is 0 Å². The van der Waals surface area contributed by atoms with E-state index in [1.165, 1.54) is 62.5 Å². The lowest BCUT2D eigenvalue weighted by atomic mass is 10.0. The Morgan fingerprint density at radius 2 is 1.45 bits per heavy atom. The molecule has 33 heavy (non-hydrogen) atoms. The van der Waals surface area contributed by atoms with E-state index in [1.807, 2.05) is 0 Å². The van der Waals surface area contributed by atoms with E-state index in [4.69, 9.17) is 14.2 Å². The fraction of sp³-hybridized carbons (Fsp3) is 0.600. The maximum Gasteiger partial charge on any atom is 0.183 e. The highest BCUT2D eigenvalue weighted by Gasteiger charge is 2.23. The fourth-order valence-corrected chi connectivity index (χ4v) is 4.34. The van der Waals surface area contributed by atoms with Crippen LogP contribution in [-0.2, 0) is 9.47 Å². The molecule has 2 aromatic rings. The van der Waals surface area contributed by atoms with Gasteiger partial charge in [0.15, 0.2) is 6.29 Å². The molecule has 3 nitrogen and oxygen atoms in total. The summed E-state index contributed by atoms with van der Waals surface area (Å²) >= 11 is 0. The van der Waals surface area contributed by atoms with Crippen LogP contribution in [0.25, 0.3) is 11.1 Å². The lowest BCUT2D eigenvalue weighted by molar-refractivity contribution is -0.206. The second kappa shape index (κ2) is 14.4. The number of unbranched alkanes of at least 4 members (excludes halogenated alkanes) is 4. The highest BCUT2D eigenvalue weighted by molar-refractivity contribution is 5.64. The van der Waals surface area contributed by atoms with Gasteiger partial charge in [0.05, 0.1) is 19.8 Å². The first-order chi connectivity index (χ1) is 16.2. The molecule has 1 fully saturated rings.